The lowest BCUT2D eigenvalue weighted by Gasteiger charge is -2.29. The molecule has 0 fully saturated rings. The van der Waals surface area contributed by atoms with Crippen LogP contribution in [-0.4, -0.2) is 47.8 Å². The van der Waals surface area contributed by atoms with E-state index in [1.165, 1.54) is 6.34 Å². The van der Waals surface area contributed by atoms with Gasteiger partial charge in [0.25, 0.3) is 0 Å². The molecule has 0 aliphatic carbocycles. The Kier molecular flexibility index (Phi) is 6.25. The largest absolute Gasteiger partial charge is 0.375 e. The highest BCUT2D eigenvalue weighted by Crippen LogP contribution is 2.42. The number of anilines is 1. The minimum atomic E-state index is -1.58. The molecule has 5 rings (SSSR count). The molecule has 0 saturated heterocycles. The van der Waals surface area contributed by atoms with Crippen molar-refractivity contribution in [2.45, 2.75) is 5.60 Å². The van der Waals surface area contributed by atoms with E-state index < -0.39 is 5.60 Å². The molecule has 1 atom stereocenters. The highest BCUT2D eigenvalue weighted by atomic mass is 35.5. The number of aliphatic imine (C=N–C) groups is 2. The minimum absolute atomic E-state index is 0.260. The van der Waals surface area contributed by atoms with Crippen molar-refractivity contribution in [3.63, 3.8) is 0 Å². The second-order valence-electron chi connectivity index (χ2n) is 8.01. The van der Waals surface area contributed by atoms with Crippen LogP contribution in [0.3, 0.4) is 0 Å². The standard InChI is InChI=1S/C26H21Cl2N5O2/c1-33(35-2)25-23(16-6-4-3-5-7-16)24(28)19-12-17(8-10-20(19)32-25)26(34,21-14-29-15-31-21)18-9-11-22(27)30-13-18/h3-13,15,34H,14H2,1-2H3. The maximum absolute atomic E-state index is 12.1. The lowest BCUT2D eigenvalue weighted by molar-refractivity contribution is 0.154. The number of aromatic nitrogens is 2. The fourth-order valence-electron chi connectivity index (χ4n) is 4.19. The van der Waals surface area contributed by atoms with E-state index in [9.17, 15) is 5.11 Å². The molecule has 0 bridgehead atoms. The first-order chi connectivity index (χ1) is 16.9. The first kappa shape index (κ1) is 23.4. The first-order valence-electron chi connectivity index (χ1n) is 10.8. The zero-order valence-electron chi connectivity index (χ0n) is 19.0. The number of nitrogens with zero attached hydrogens (tertiary/aromatic N) is 5. The van der Waals surface area contributed by atoms with Crippen molar-refractivity contribution in [1.29, 1.82) is 0 Å². The van der Waals surface area contributed by atoms with Gasteiger partial charge < -0.3 is 5.11 Å². The molecule has 0 amide bonds. The van der Waals surface area contributed by atoms with Crippen LogP contribution in [0.25, 0.3) is 22.0 Å². The van der Waals surface area contributed by atoms with Crippen molar-refractivity contribution in [3.05, 3.63) is 88.2 Å². The van der Waals surface area contributed by atoms with Gasteiger partial charge in [-0.25, -0.2) is 20.0 Å². The maximum atomic E-state index is 12.1. The number of rotatable bonds is 6. The van der Waals surface area contributed by atoms with Crippen LogP contribution in [0.5, 0.6) is 0 Å². The van der Waals surface area contributed by atoms with Crippen LogP contribution in [0.1, 0.15) is 11.1 Å². The van der Waals surface area contributed by atoms with Gasteiger partial charge in [0.2, 0.25) is 0 Å². The molecule has 4 aromatic rings. The van der Waals surface area contributed by atoms with Gasteiger partial charge >= 0.3 is 0 Å². The summed E-state index contributed by atoms with van der Waals surface area (Å²) in [5.41, 5.74) is 2.24. The van der Waals surface area contributed by atoms with Gasteiger partial charge in [0.15, 0.2) is 11.4 Å². The maximum Gasteiger partial charge on any atom is 0.162 e. The van der Waals surface area contributed by atoms with E-state index in [-0.39, 0.29) is 6.54 Å². The summed E-state index contributed by atoms with van der Waals surface area (Å²) in [6, 6.07) is 18.6. The van der Waals surface area contributed by atoms with Crippen LogP contribution >= 0.6 is 23.2 Å². The van der Waals surface area contributed by atoms with E-state index in [0.717, 1.165) is 11.1 Å². The van der Waals surface area contributed by atoms with Gasteiger partial charge in [-0.15, -0.1) is 0 Å². The molecule has 35 heavy (non-hydrogen) atoms. The molecule has 0 spiro atoms. The van der Waals surface area contributed by atoms with Crippen molar-refractivity contribution >= 4 is 52.0 Å². The Morgan fingerprint density at radius 1 is 1.03 bits per heavy atom. The smallest absolute Gasteiger partial charge is 0.162 e. The Hall–Kier alpha value is -3.36. The lowest BCUT2D eigenvalue weighted by atomic mass is 9.82. The monoisotopic (exact) mass is 505 g/mol. The third-order valence-corrected chi connectivity index (χ3v) is 6.67. The summed E-state index contributed by atoms with van der Waals surface area (Å²) in [6.07, 6.45) is 2.98. The third-order valence-electron chi connectivity index (χ3n) is 6.05. The van der Waals surface area contributed by atoms with Crippen LogP contribution in [0.2, 0.25) is 10.2 Å². The molecule has 3 heterocycles. The van der Waals surface area contributed by atoms with Gasteiger partial charge in [-0.1, -0.05) is 65.7 Å². The number of hydrogen-bond donors (Lipinski definition) is 1. The van der Waals surface area contributed by atoms with E-state index in [2.05, 4.69) is 15.0 Å². The number of aliphatic hydroxyl groups is 1. The third kappa shape index (κ3) is 4.06. The molecule has 0 radical (unpaired) electrons. The van der Waals surface area contributed by atoms with Crippen LogP contribution in [0.4, 0.5) is 5.82 Å². The normalized spacial score (nSPS) is 14.7. The lowest BCUT2D eigenvalue weighted by Crippen LogP contribution is -2.38. The Morgan fingerprint density at radius 2 is 1.80 bits per heavy atom. The second-order valence-corrected chi connectivity index (χ2v) is 8.78. The Labute approximate surface area is 212 Å². The SMILES string of the molecule is CON(C)c1nc2ccc(C(O)(C3=NC=NC3)c3ccc(Cl)nc3)cc2c(Cl)c1-c1ccccc1. The van der Waals surface area contributed by atoms with Crippen LogP contribution in [-0.2, 0) is 10.4 Å². The first-order valence-corrected chi connectivity index (χ1v) is 11.6. The van der Waals surface area contributed by atoms with Crippen molar-refractivity contribution in [3.8, 4) is 11.1 Å². The number of halogens is 2. The zero-order valence-corrected chi connectivity index (χ0v) is 20.5. The summed E-state index contributed by atoms with van der Waals surface area (Å²) in [5, 5.41) is 15.1. The van der Waals surface area contributed by atoms with E-state index in [4.69, 9.17) is 33.0 Å². The summed E-state index contributed by atoms with van der Waals surface area (Å²) in [4.78, 5) is 23.0. The molecule has 7 nitrogen and oxygen atoms in total. The highest BCUT2D eigenvalue weighted by Gasteiger charge is 2.39. The molecule has 1 unspecified atom stereocenters. The molecular formula is C26H21Cl2N5O2. The molecule has 2 aromatic carbocycles. The van der Waals surface area contributed by atoms with Crippen LogP contribution < -0.4 is 5.06 Å². The van der Waals surface area contributed by atoms with Crippen LogP contribution in [0.15, 0.2) is 76.8 Å². The number of hydroxylamine groups is 1. The van der Waals surface area contributed by atoms with Crippen molar-refractivity contribution < 1.29 is 9.94 Å². The molecule has 176 valence electrons. The Morgan fingerprint density at radius 3 is 2.46 bits per heavy atom. The van der Waals surface area contributed by atoms with Gasteiger partial charge in [0, 0.05) is 29.8 Å². The number of fused-ring (bicyclic) bond motifs is 1. The van der Waals surface area contributed by atoms with Crippen LogP contribution in [0, 0.1) is 0 Å². The van der Waals surface area contributed by atoms with E-state index >= 15 is 0 Å². The quantitative estimate of drug-likeness (QED) is 0.283. The number of benzene rings is 2. The van der Waals surface area contributed by atoms with E-state index in [1.807, 2.05) is 42.5 Å². The number of pyridine rings is 2. The molecule has 1 N–H and O–H groups in total. The average molecular weight is 506 g/mol. The second kappa shape index (κ2) is 9.36. The fraction of sp³-hybridized carbons (Fsp3) is 0.154. The van der Waals surface area contributed by atoms with Gasteiger partial charge in [0.05, 0.1) is 29.9 Å². The summed E-state index contributed by atoms with van der Waals surface area (Å²) >= 11 is 13.0. The minimum Gasteiger partial charge on any atom is -0.375 e. The Balaban J connectivity index is 1.76. The van der Waals surface area contributed by atoms with E-state index in [0.29, 0.717) is 43.7 Å². The summed E-state index contributed by atoms with van der Waals surface area (Å²) in [6.45, 7) is 0.260. The summed E-state index contributed by atoms with van der Waals surface area (Å²) in [7, 11) is 3.35. The molecule has 9 heteroatoms. The average Bonchev–Trinajstić information content (AvgIpc) is 3.44. The molecule has 0 saturated carbocycles. The molecular weight excluding hydrogens is 485 g/mol. The molecule has 2 aromatic heterocycles. The van der Waals surface area contributed by atoms with Gasteiger partial charge in [-0.05, 0) is 29.3 Å². The van der Waals surface area contributed by atoms with E-state index in [1.54, 1.807) is 43.6 Å². The van der Waals surface area contributed by atoms with Crippen molar-refractivity contribution in [2.75, 3.05) is 25.8 Å². The summed E-state index contributed by atoms with van der Waals surface area (Å²) in [5.74, 6) is 0.578. The zero-order chi connectivity index (χ0) is 24.6. The fourth-order valence-corrected chi connectivity index (χ4v) is 4.65. The highest BCUT2D eigenvalue weighted by molar-refractivity contribution is 6.39. The topological polar surface area (TPSA) is 83.2 Å². The Bertz CT molecular complexity index is 1460. The molecule has 1 aliphatic rings. The molecule has 1 aliphatic heterocycles. The predicted octanol–water partition coefficient (Wildman–Crippen LogP) is 5.32. The van der Waals surface area contributed by atoms with Gasteiger partial charge in [0.1, 0.15) is 11.5 Å². The van der Waals surface area contributed by atoms with Crippen molar-refractivity contribution in [1.82, 2.24) is 9.97 Å². The summed E-state index contributed by atoms with van der Waals surface area (Å²) < 4.78 is 0. The number of hydrogen-bond acceptors (Lipinski definition) is 7. The predicted molar refractivity (Wildman–Crippen MR) is 141 cm³/mol. The van der Waals surface area contributed by atoms with Crippen molar-refractivity contribution in [2.24, 2.45) is 9.98 Å². The van der Waals surface area contributed by atoms with Gasteiger partial charge in [-0.3, -0.25) is 9.83 Å². The van der Waals surface area contributed by atoms with Gasteiger partial charge in [-0.2, -0.15) is 0 Å².